The molecule has 0 heterocycles. The number of aliphatic carboxylic acids is 1. The van der Waals surface area contributed by atoms with Crippen molar-refractivity contribution in [2.24, 2.45) is 0 Å². The lowest BCUT2D eigenvalue weighted by Crippen LogP contribution is -2.47. The molecule has 32 heavy (non-hydrogen) atoms. The van der Waals surface area contributed by atoms with Gasteiger partial charge in [0.05, 0.1) is 6.42 Å². The number of nitrogens with one attached hydrogen (secondary N) is 2. The van der Waals surface area contributed by atoms with Crippen molar-refractivity contribution < 1.29 is 33.8 Å². The van der Waals surface area contributed by atoms with E-state index in [0.29, 0.717) is 13.0 Å². The second-order valence-electron chi connectivity index (χ2n) is 8.11. The maximum atomic E-state index is 12.6. The normalized spacial score (nSPS) is 11.8. The first kappa shape index (κ1) is 26.7. The van der Waals surface area contributed by atoms with E-state index in [1.54, 1.807) is 20.8 Å². The molecule has 1 atom stereocenters. The second kappa shape index (κ2) is 13.2. The molecular formula is C22H33N3O7. The van der Waals surface area contributed by atoms with Crippen LogP contribution in [0.25, 0.3) is 0 Å². The highest BCUT2D eigenvalue weighted by atomic mass is 16.6. The van der Waals surface area contributed by atoms with Gasteiger partial charge < -0.3 is 30.1 Å². The maximum Gasteiger partial charge on any atom is 0.408 e. The summed E-state index contributed by atoms with van der Waals surface area (Å²) in [6.45, 7) is 7.62. The van der Waals surface area contributed by atoms with Crippen LogP contribution in [0.4, 0.5) is 9.59 Å². The van der Waals surface area contributed by atoms with E-state index in [1.807, 2.05) is 37.3 Å². The molecule has 0 aliphatic rings. The number of hydrogen-bond donors (Lipinski definition) is 3. The number of alkyl carbamates (subject to hydrolysis) is 2. The molecule has 10 nitrogen and oxygen atoms in total. The fourth-order valence-corrected chi connectivity index (χ4v) is 2.65. The molecule has 1 aromatic carbocycles. The number of hydrogen-bond acceptors (Lipinski definition) is 6. The van der Waals surface area contributed by atoms with Crippen molar-refractivity contribution in [3.63, 3.8) is 0 Å². The average Bonchev–Trinajstić information content (AvgIpc) is 2.70. The predicted octanol–water partition coefficient (Wildman–Crippen LogP) is 2.52. The zero-order valence-corrected chi connectivity index (χ0v) is 19.1. The number of carboxylic acid groups (broad SMARTS) is 1. The SMILES string of the molecule is CCCN(CCNC(=O)OCc1ccccc1)C(=O)C[C@H](NC(=O)OC(C)(C)C)C(=O)O. The van der Waals surface area contributed by atoms with Gasteiger partial charge in [-0.05, 0) is 32.8 Å². The van der Waals surface area contributed by atoms with Gasteiger partial charge in [0.15, 0.2) is 0 Å². The molecule has 0 bridgehead atoms. The van der Waals surface area contributed by atoms with Gasteiger partial charge in [0, 0.05) is 19.6 Å². The van der Waals surface area contributed by atoms with E-state index < -0.39 is 42.1 Å². The Bertz CT molecular complexity index is 763. The monoisotopic (exact) mass is 451 g/mol. The van der Waals surface area contributed by atoms with Gasteiger partial charge in [-0.25, -0.2) is 14.4 Å². The molecule has 0 unspecified atom stereocenters. The quantitative estimate of drug-likeness (QED) is 0.470. The zero-order valence-electron chi connectivity index (χ0n) is 19.1. The summed E-state index contributed by atoms with van der Waals surface area (Å²) >= 11 is 0. The van der Waals surface area contributed by atoms with Crippen LogP contribution in [-0.2, 0) is 25.7 Å². The largest absolute Gasteiger partial charge is 0.480 e. The highest BCUT2D eigenvalue weighted by Crippen LogP contribution is 2.08. The molecule has 0 saturated carbocycles. The van der Waals surface area contributed by atoms with E-state index in [1.165, 1.54) is 4.90 Å². The number of ether oxygens (including phenoxy) is 2. The zero-order chi connectivity index (χ0) is 24.1. The summed E-state index contributed by atoms with van der Waals surface area (Å²) in [5, 5.41) is 14.1. The Morgan fingerprint density at radius 2 is 1.72 bits per heavy atom. The summed E-state index contributed by atoms with van der Waals surface area (Å²) < 4.78 is 10.2. The summed E-state index contributed by atoms with van der Waals surface area (Å²) in [4.78, 5) is 49.3. The molecule has 0 radical (unpaired) electrons. The third kappa shape index (κ3) is 11.2. The molecule has 0 aliphatic carbocycles. The van der Waals surface area contributed by atoms with Crippen molar-refractivity contribution in [3.8, 4) is 0 Å². The van der Waals surface area contributed by atoms with Crippen molar-refractivity contribution in [3.05, 3.63) is 35.9 Å². The molecule has 3 amide bonds. The molecule has 0 fully saturated rings. The summed E-state index contributed by atoms with van der Waals surface area (Å²) in [6, 6.07) is 7.78. The van der Waals surface area contributed by atoms with E-state index in [-0.39, 0.29) is 19.7 Å². The third-order valence-corrected chi connectivity index (χ3v) is 4.08. The lowest BCUT2D eigenvalue weighted by Gasteiger charge is -2.25. The fraction of sp³-hybridized carbons (Fsp3) is 0.545. The number of carbonyl (C=O) groups excluding carboxylic acids is 3. The minimum atomic E-state index is -1.43. The number of nitrogens with zero attached hydrogens (tertiary/aromatic N) is 1. The molecule has 0 saturated heterocycles. The Morgan fingerprint density at radius 3 is 2.28 bits per heavy atom. The second-order valence-corrected chi connectivity index (χ2v) is 8.11. The summed E-state index contributed by atoms with van der Waals surface area (Å²) in [5.41, 5.74) is 0.0502. The smallest absolute Gasteiger partial charge is 0.408 e. The first-order valence-corrected chi connectivity index (χ1v) is 10.5. The number of rotatable bonds is 11. The van der Waals surface area contributed by atoms with E-state index in [4.69, 9.17) is 9.47 Å². The van der Waals surface area contributed by atoms with Crippen LogP contribution in [0.15, 0.2) is 30.3 Å². The van der Waals surface area contributed by atoms with E-state index >= 15 is 0 Å². The van der Waals surface area contributed by atoms with Gasteiger partial charge in [-0.2, -0.15) is 0 Å². The average molecular weight is 452 g/mol. The van der Waals surface area contributed by atoms with E-state index in [2.05, 4.69) is 10.6 Å². The van der Waals surface area contributed by atoms with Crippen LogP contribution in [-0.4, -0.2) is 65.3 Å². The minimum absolute atomic E-state index is 0.126. The maximum absolute atomic E-state index is 12.6. The van der Waals surface area contributed by atoms with E-state index in [0.717, 1.165) is 5.56 Å². The Balaban J connectivity index is 2.53. The Labute approximate surface area is 188 Å². The molecule has 10 heteroatoms. The van der Waals surface area contributed by atoms with Crippen LogP contribution in [0.2, 0.25) is 0 Å². The lowest BCUT2D eigenvalue weighted by atomic mass is 10.2. The van der Waals surface area contributed by atoms with Crippen LogP contribution >= 0.6 is 0 Å². The minimum Gasteiger partial charge on any atom is -0.480 e. The van der Waals surface area contributed by atoms with Crippen molar-refractivity contribution >= 4 is 24.1 Å². The van der Waals surface area contributed by atoms with Gasteiger partial charge in [-0.3, -0.25) is 4.79 Å². The standard InChI is InChI=1S/C22H33N3O7/c1-5-12-25(13-11-23-20(29)31-15-16-9-7-6-8-10-16)18(26)14-17(19(27)28)24-21(30)32-22(2,3)4/h6-10,17H,5,11-15H2,1-4H3,(H,23,29)(H,24,30)(H,27,28)/t17-/m0/s1. The van der Waals surface area contributed by atoms with Crippen LogP contribution in [0.5, 0.6) is 0 Å². The highest BCUT2D eigenvalue weighted by molar-refractivity contribution is 5.87. The van der Waals surface area contributed by atoms with Crippen LogP contribution < -0.4 is 10.6 Å². The molecule has 0 aliphatic heterocycles. The Kier molecular flexibility index (Phi) is 11.0. The fourth-order valence-electron chi connectivity index (χ4n) is 2.65. The molecule has 178 valence electrons. The summed E-state index contributed by atoms with van der Waals surface area (Å²) in [5.74, 6) is -1.81. The summed E-state index contributed by atoms with van der Waals surface area (Å²) in [6.07, 6.45) is -1.33. The van der Waals surface area contributed by atoms with Crippen LogP contribution in [0.1, 0.15) is 46.1 Å². The van der Waals surface area contributed by atoms with Crippen LogP contribution in [0.3, 0.4) is 0 Å². The molecule has 0 aromatic heterocycles. The van der Waals surface area contributed by atoms with Gasteiger partial charge in [-0.15, -0.1) is 0 Å². The van der Waals surface area contributed by atoms with Crippen molar-refractivity contribution in [2.75, 3.05) is 19.6 Å². The van der Waals surface area contributed by atoms with Gasteiger partial charge in [0.25, 0.3) is 0 Å². The summed E-state index contributed by atoms with van der Waals surface area (Å²) in [7, 11) is 0. The van der Waals surface area contributed by atoms with Gasteiger partial charge in [0.2, 0.25) is 5.91 Å². The Morgan fingerprint density at radius 1 is 1.06 bits per heavy atom. The highest BCUT2D eigenvalue weighted by Gasteiger charge is 2.28. The van der Waals surface area contributed by atoms with Crippen molar-refractivity contribution in [1.29, 1.82) is 0 Å². The molecule has 3 N–H and O–H groups in total. The number of benzene rings is 1. The van der Waals surface area contributed by atoms with Gasteiger partial charge in [-0.1, -0.05) is 37.3 Å². The van der Waals surface area contributed by atoms with Crippen molar-refractivity contribution in [2.45, 2.75) is 58.8 Å². The predicted molar refractivity (Wildman–Crippen MR) is 117 cm³/mol. The first-order valence-electron chi connectivity index (χ1n) is 10.5. The van der Waals surface area contributed by atoms with Gasteiger partial charge >= 0.3 is 18.2 Å². The van der Waals surface area contributed by atoms with Crippen molar-refractivity contribution in [1.82, 2.24) is 15.5 Å². The molecule has 1 rings (SSSR count). The lowest BCUT2D eigenvalue weighted by molar-refractivity contribution is -0.143. The van der Waals surface area contributed by atoms with Gasteiger partial charge in [0.1, 0.15) is 18.2 Å². The van der Waals surface area contributed by atoms with E-state index in [9.17, 15) is 24.3 Å². The number of carbonyl (C=O) groups is 4. The topological polar surface area (TPSA) is 134 Å². The number of carboxylic acids is 1. The molecule has 0 spiro atoms. The molecule has 1 aromatic rings. The Hall–Kier alpha value is -3.30. The molecular weight excluding hydrogens is 418 g/mol. The first-order chi connectivity index (χ1) is 15.0. The third-order valence-electron chi connectivity index (χ3n) is 4.08. The number of amides is 3. The van der Waals surface area contributed by atoms with Crippen LogP contribution in [0, 0.1) is 0 Å².